The third kappa shape index (κ3) is 11.7. The van der Waals surface area contributed by atoms with E-state index >= 15 is 0 Å². The summed E-state index contributed by atoms with van der Waals surface area (Å²) >= 11 is 0. The molecule has 0 aromatic carbocycles. The van der Waals surface area contributed by atoms with Gasteiger partial charge in [-0.1, -0.05) is 19.1 Å². The van der Waals surface area contributed by atoms with Crippen LogP contribution < -0.4 is 17.2 Å². The van der Waals surface area contributed by atoms with Crippen molar-refractivity contribution < 1.29 is 34.1 Å². The Kier molecular flexibility index (Phi) is 11.8. The number of aliphatic carboxylic acids is 1. The molecular formula is C13H23N3O7. The Hall–Kier alpha value is -2.62. The molecule has 132 valence electrons. The molecule has 0 rings (SSSR count). The molecule has 10 heteroatoms. The van der Waals surface area contributed by atoms with Crippen LogP contribution >= 0.6 is 0 Å². The molecule has 0 aliphatic heterocycles. The lowest BCUT2D eigenvalue weighted by Crippen LogP contribution is -2.56. The van der Waals surface area contributed by atoms with E-state index in [0.717, 1.165) is 6.42 Å². The summed E-state index contributed by atoms with van der Waals surface area (Å²) in [6, 6.07) is 0. The molecule has 0 fully saturated rings. The number of carbonyl (C=O) groups excluding carboxylic acids is 2. The summed E-state index contributed by atoms with van der Waals surface area (Å²) in [6.45, 7) is 2.00. The fraction of sp³-hybridized carbons (Fsp3) is 0.538. The number of nitrogens with two attached hydrogens (primary N) is 3. The number of amides is 2. The van der Waals surface area contributed by atoms with Gasteiger partial charge in [-0.05, 0) is 19.3 Å². The summed E-state index contributed by atoms with van der Waals surface area (Å²) in [5, 5.41) is 16.2. The van der Waals surface area contributed by atoms with E-state index in [2.05, 4.69) is 5.73 Å². The minimum atomic E-state index is -2.23. The molecule has 10 nitrogen and oxygen atoms in total. The standard InChI is InChI=1S/C12H20N2O5.CH3NO2/c1-2-3-4-5-8-19-11(18)12(14,10(16)17)7-6-9(13)15;2-1(3)4/h3-4H,2,5-8,14H2,1H3,(H2,13,15)(H,16,17);2H2,(H,3,4)/b4-3-;/t12-;/m0./s1. The van der Waals surface area contributed by atoms with Gasteiger partial charge in [0.15, 0.2) is 0 Å². The van der Waals surface area contributed by atoms with E-state index < -0.39 is 29.5 Å². The van der Waals surface area contributed by atoms with Crippen LogP contribution in [0.5, 0.6) is 0 Å². The van der Waals surface area contributed by atoms with Crippen molar-refractivity contribution in [3.8, 4) is 0 Å². The third-order valence-corrected chi connectivity index (χ3v) is 2.43. The van der Waals surface area contributed by atoms with Gasteiger partial charge in [-0.25, -0.2) is 14.4 Å². The number of ether oxygens (including phenoxy) is 1. The lowest BCUT2D eigenvalue weighted by Gasteiger charge is -2.21. The van der Waals surface area contributed by atoms with E-state index in [4.69, 9.17) is 31.2 Å². The number of primary amides is 2. The Morgan fingerprint density at radius 2 is 1.65 bits per heavy atom. The molecule has 1 atom stereocenters. The second kappa shape index (κ2) is 12.0. The maximum absolute atomic E-state index is 11.6. The van der Waals surface area contributed by atoms with Gasteiger partial charge in [0.2, 0.25) is 11.4 Å². The zero-order valence-electron chi connectivity index (χ0n) is 12.9. The zero-order chi connectivity index (χ0) is 18.5. The number of allylic oxidation sites excluding steroid dienone is 1. The van der Waals surface area contributed by atoms with E-state index in [1.807, 2.05) is 19.1 Å². The topological polar surface area (TPSA) is 196 Å². The maximum atomic E-state index is 11.6. The minimum Gasteiger partial charge on any atom is -0.479 e. The molecule has 0 aliphatic carbocycles. The number of rotatable bonds is 9. The molecule has 0 aromatic heterocycles. The van der Waals surface area contributed by atoms with Gasteiger partial charge in [0.25, 0.3) is 0 Å². The van der Waals surface area contributed by atoms with Crippen LogP contribution in [0.2, 0.25) is 0 Å². The molecule has 8 N–H and O–H groups in total. The van der Waals surface area contributed by atoms with Gasteiger partial charge in [-0.3, -0.25) is 4.79 Å². The van der Waals surface area contributed by atoms with Crippen molar-refractivity contribution in [1.82, 2.24) is 0 Å². The van der Waals surface area contributed by atoms with Crippen molar-refractivity contribution >= 4 is 23.9 Å². The predicted molar refractivity (Wildman–Crippen MR) is 80.2 cm³/mol. The molecule has 0 heterocycles. The lowest BCUT2D eigenvalue weighted by atomic mass is 9.94. The highest BCUT2D eigenvalue weighted by molar-refractivity contribution is 6.04. The number of carbonyl (C=O) groups is 4. The lowest BCUT2D eigenvalue weighted by molar-refractivity contribution is -0.161. The van der Waals surface area contributed by atoms with Crippen LogP contribution in [0.4, 0.5) is 4.79 Å². The smallest absolute Gasteiger partial charge is 0.402 e. The van der Waals surface area contributed by atoms with Crippen molar-refractivity contribution in [2.24, 2.45) is 17.2 Å². The van der Waals surface area contributed by atoms with Crippen LogP contribution in [0.15, 0.2) is 12.2 Å². The van der Waals surface area contributed by atoms with Crippen LogP contribution in [0, 0.1) is 0 Å². The summed E-state index contributed by atoms with van der Waals surface area (Å²) < 4.78 is 4.80. The first-order chi connectivity index (χ1) is 10.6. The molecule has 0 saturated heterocycles. The van der Waals surface area contributed by atoms with Crippen molar-refractivity contribution in [3.05, 3.63) is 12.2 Å². The number of carboxylic acids is 1. The minimum absolute atomic E-state index is 0.0398. The van der Waals surface area contributed by atoms with E-state index in [1.165, 1.54) is 0 Å². The van der Waals surface area contributed by atoms with Gasteiger partial charge >= 0.3 is 18.0 Å². The van der Waals surface area contributed by atoms with E-state index in [0.29, 0.717) is 6.42 Å². The van der Waals surface area contributed by atoms with E-state index in [-0.39, 0.29) is 19.4 Å². The van der Waals surface area contributed by atoms with Crippen LogP contribution in [-0.4, -0.2) is 46.3 Å². The highest BCUT2D eigenvalue weighted by Gasteiger charge is 2.43. The summed E-state index contributed by atoms with van der Waals surface area (Å²) in [4.78, 5) is 42.1. The first-order valence-corrected chi connectivity index (χ1v) is 6.69. The van der Waals surface area contributed by atoms with Crippen molar-refractivity contribution in [2.75, 3.05) is 6.61 Å². The molecule has 0 spiro atoms. The Labute approximate surface area is 133 Å². The second-order valence-electron chi connectivity index (χ2n) is 4.39. The van der Waals surface area contributed by atoms with Gasteiger partial charge in [0.05, 0.1) is 6.61 Å². The zero-order valence-corrected chi connectivity index (χ0v) is 12.9. The Balaban J connectivity index is 0. The normalized spacial score (nSPS) is 12.6. The van der Waals surface area contributed by atoms with Gasteiger partial charge in [-0.15, -0.1) is 0 Å². The Morgan fingerprint density at radius 3 is 2.04 bits per heavy atom. The van der Waals surface area contributed by atoms with Gasteiger partial charge < -0.3 is 32.2 Å². The van der Waals surface area contributed by atoms with Crippen molar-refractivity contribution in [1.29, 1.82) is 0 Å². The monoisotopic (exact) mass is 333 g/mol. The second-order valence-corrected chi connectivity index (χ2v) is 4.39. The maximum Gasteiger partial charge on any atom is 0.402 e. The van der Waals surface area contributed by atoms with Crippen LogP contribution in [0.3, 0.4) is 0 Å². The van der Waals surface area contributed by atoms with Crippen LogP contribution in [-0.2, 0) is 19.1 Å². The Morgan fingerprint density at radius 1 is 1.13 bits per heavy atom. The predicted octanol–water partition coefficient (Wildman–Crippen LogP) is -0.443. The molecule has 0 saturated carbocycles. The van der Waals surface area contributed by atoms with E-state index in [1.54, 1.807) is 0 Å². The summed E-state index contributed by atoms with van der Waals surface area (Å²) in [6.07, 6.45) is 3.03. The molecule has 0 unspecified atom stereocenters. The molecule has 2 amide bonds. The molecule has 0 aliphatic rings. The molecular weight excluding hydrogens is 310 g/mol. The van der Waals surface area contributed by atoms with Crippen molar-refractivity contribution in [2.45, 2.75) is 38.1 Å². The summed E-state index contributed by atoms with van der Waals surface area (Å²) in [5.41, 5.74) is 12.2. The largest absolute Gasteiger partial charge is 0.479 e. The SMILES string of the molecule is CC/C=C\CCOC(=O)[C@](N)(CCC(N)=O)C(=O)O.NC(=O)O. The Bertz CT molecular complexity index is 447. The van der Waals surface area contributed by atoms with E-state index in [9.17, 15) is 14.4 Å². The van der Waals surface area contributed by atoms with Gasteiger partial charge in [0.1, 0.15) is 0 Å². The summed E-state index contributed by atoms with van der Waals surface area (Å²) in [7, 11) is 0. The first-order valence-electron chi connectivity index (χ1n) is 6.69. The highest BCUT2D eigenvalue weighted by Crippen LogP contribution is 2.13. The fourth-order valence-electron chi connectivity index (χ4n) is 1.25. The third-order valence-electron chi connectivity index (χ3n) is 2.43. The fourth-order valence-corrected chi connectivity index (χ4v) is 1.25. The highest BCUT2D eigenvalue weighted by atomic mass is 16.5. The molecule has 23 heavy (non-hydrogen) atoms. The summed E-state index contributed by atoms with van der Waals surface area (Å²) in [5.74, 6) is -3.33. The number of hydrogen-bond donors (Lipinski definition) is 5. The number of esters is 1. The quantitative estimate of drug-likeness (QED) is 0.162. The average Bonchev–Trinajstić information content (AvgIpc) is 2.43. The van der Waals surface area contributed by atoms with Crippen LogP contribution in [0.25, 0.3) is 0 Å². The van der Waals surface area contributed by atoms with Crippen LogP contribution in [0.1, 0.15) is 32.6 Å². The molecule has 0 bridgehead atoms. The molecule has 0 aromatic rings. The first kappa shape index (κ1) is 22.7. The number of carboxylic acid groups (broad SMARTS) is 2. The number of hydrogen-bond acceptors (Lipinski definition) is 6. The van der Waals surface area contributed by atoms with Gasteiger partial charge in [0, 0.05) is 6.42 Å². The van der Waals surface area contributed by atoms with Gasteiger partial charge in [-0.2, -0.15) is 0 Å². The van der Waals surface area contributed by atoms with Crippen molar-refractivity contribution in [3.63, 3.8) is 0 Å². The molecule has 0 radical (unpaired) electrons. The average molecular weight is 333 g/mol.